The van der Waals surface area contributed by atoms with Crippen molar-refractivity contribution in [2.24, 2.45) is 5.92 Å². The molecule has 2 amide bonds. The lowest BCUT2D eigenvalue weighted by molar-refractivity contribution is -0.150. The van der Waals surface area contributed by atoms with Crippen molar-refractivity contribution >= 4 is 11.8 Å². The van der Waals surface area contributed by atoms with Crippen LogP contribution in [0.5, 0.6) is 0 Å². The van der Waals surface area contributed by atoms with E-state index >= 15 is 0 Å². The topological polar surface area (TPSA) is 76.1 Å². The first kappa shape index (κ1) is 23.2. The van der Waals surface area contributed by atoms with Crippen LogP contribution in [-0.2, 0) is 16.1 Å². The fourth-order valence-electron chi connectivity index (χ4n) is 4.84. The molecule has 178 valence electrons. The van der Waals surface area contributed by atoms with Crippen molar-refractivity contribution in [3.8, 4) is 0 Å². The molecule has 0 aromatic heterocycles. The summed E-state index contributed by atoms with van der Waals surface area (Å²) in [7, 11) is 0. The number of halogens is 2. The Morgan fingerprint density at radius 1 is 1.30 bits per heavy atom. The molecule has 4 rings (SSSR count). The Morgan fingerprint density at radius 3 is 2.76 bits per heavy atom. The van der Waals surface area contributed by atoms with Gasteiger partial charge in [-0.15, -0.1) is 0 Å². The first-order valence-corrected chi connectivity index (χ1v) is 11.3. The Bertz CT molecular complexity index is 1020. The van der Waals surface area contributed by atoms with Crippen molar-refractivity contribution in [3.05, 3.63) is 58.6 Å². The lowest BCUT2D eigenvalue weighted by atomic mass is 9.98. The molecule has 0 spiro atoms. The van der Waals surface area contributed by atoms with Gasteiger partial charge in [-0.2, -0.15) is 0 Å². The average molecular weight is 461 g/mol. The number of aliphatic hydroxyl groups excluding tert-OH is 1. The molecule has 1 aromatic rings. The van der Waals surface area contributed by atoms with Gasteiger partial charge in [0.15, 0.2) is 0 Å². The Hall–Kier alpha value is -2.94. The van der Waals surface area contributed by atoms with E-state index in [0.717, 1.165) is 31.6 Å². The number of amides is 2. The third-order valence-electron chi connectivity index (χ3n) is 6.42. The van der Waals surface area contributed by atoms with Gasteiger partial charge in [-0.25, -0.2) is 8.78 Å². The minimum Gasteiger partial charge on any atom is -0.510 e. The van der Waals surface area contributed by atoms with E-state index in [4.69, 9.17) is 0 Å². The van der Waals surface area contributed by atoms with Crippen molar-refractivity contribution in [2.45, 2.75) is 52.4 Å². The fraction of sp³-hybridized carbons (Fsp3) is 0.500. The van der Waals surface area contributed by atoms with E-state index < -0.39 is 17.5 Å². The van der Waals surface area contributed by atoms with Crippen LogP contribution in [0.1, 0.15) is 39.2 Å². The van der Waals surface area contributed by atoms with Gasteiger partial charge in [-0.1, -0.05) is 19.9 Å². The molecule has 1 aromatic carbocycles. The predicted octanol–water partition coefficient (Wildman–Crippen LogP) is 2.86. The number of hydrogen-bond acceptors (Lipinski definition) is 5. The molecule has 2 fully saturated rings. The van der Waals surface area contributed by atoms with Gasteiger partial charge in [0, 0.05) is 55.5 Å². The molecule has 0 bridgehead atoms. The van der Waals surface area contributed by atoms with E-state index in [1.54, 1.807) is 11.1 Å². The first-order chi connectivity index (χ1) is 15.7. The number of hydrogen-bond donors (Lipinski definition) is 2. The molecule has 3 heterocycles. The highest BCUT2D eigenvalue weighted by molar-refractivity contribution is 5.98. The lowest BCUT2D eigenvalue weighted by Crippen LogP contribution is -2.67. The number of nitrogens with zero attached hydrogens (tertiary/aromatic N) is 3. The predicted molar refractivity (Wildman–Crippen MR) is 118 cm³/mol. The highest BCUT2D eigenvalue weighted by atomic mass is 19.1. The molecule has 0 saturated carbocycles. The number of allylic oxidation sites excluding steroid dienone is 1. The molecular formula is C24H30F2N4O3. The van der Waals surface area contributed by atoms with Crippen LogP contribution in [0.25, 0.3) is 0 Å². The van der Waals surface area contributed by atoms with Crippen molar-refractivity contribution < 1.29 is 23.5 Å². The number of benzene rings is 1. The largest absolute Gasteiger partial charge is 0.510 e. The van der Waals surface area contributed by atoms with Crippen LogP contribution in [0.3, 0.4) is 0 Å². The van der Waals surface area contributed by atoms with Crippen molar-refractivity contribution in [1.82, 2.24) is 20.0 Å². The van der Waals surface area contributed by atoms with Crippen LogP contribution in [0.15, 0.2) is 41.4 Å². The van der Waals surface area contributed by atoms with Crippen molar-refractivity contribution in [2.75, 3.05) is 19.6 Å². The fourth-order valence-corrected chi connectivity index (χ4v) is 4.84. The third-order valence-corrected chi connectivity index (χ3v) is 6.42. The molecule has 7 nitrogen and oxygen atoms in total. The zero-order chi connectivity index (χ0) is 23.9. The summed E-state index contributed by atoms with van der Waals surface area (Å²) in [6, 6.07) is 3.24. The molecule has 0 radical (unpaired) electrons. The van der Waals surface area contributed by atoms with E-state index in [-0.39, 0.29) is 53.7 Å². The Labute approximate surface area is 192 Å². The summed E-state index contributed by atoms with van der Waals surface area (Å²) in [5.74, 6) is -1.84. The van der Waals surface area contributed by atoms with Gasteiger partial charge >= 0.3 is 0 Å². The Morgan fingerprint density at radius 2 is 2.06 bits per heavy atom. The summed E-state index contributed by atoms with van der Waals surface area (Å²) in [5.41, 5.74) is 0.649. The van der Waals surface area contributed by atoms with Crippen LogP contribution in [0.2, 0.25) is 0 Å². The normalized spacial score (nSPS) is 23.5. The van der Waals surface area contributed by atoms with Crippen LogP contribution >= 0.6 is 0 Å². The average Bonchev–Trinajstić information content (AvgIpc) is 2.74. The second kappa shape index (κ2) is 9.13. The first-order valence-electron chi connectivity index (χ1n) is 11.3. The van der Waals surface area contributed by atoms with Crippen LogP contribution < -0.4 is 5.32 Å². The van der Waals surface area contributed by atoms with E-state index in [9.17, 15) is 23.5 Å². The third kappa shape index (κ3) is 4.59. The van der Waals surface area contributed by atoms with Gasteiger partial charge in [0.05, 0.1) is 6.54 Å². The van der Waals surface area contributed by atoms with Crippen LogP contribution in [0, 0.1) is 17.6 Å². The van der Waals surface area contributed by atoms with Crippen LogP contribution in [-0.4, -0.2) is 63.5 Å². The van der Waals surface area contributed by atoms with E-state index in [0.29, 0.717) is 12.5 Å². The van der Waals surface area contributed by atoms with E-state index in [2.05, 4.69) is 24.1 Å². The molecular weight excluding hydrogens is 430 g/mol. The number of aliphatic hydroxyl groups is 1. The maximum atomic E-state index is 13.9. The SMILES string of the molecule is CC(C)CN1CC[C@H](C)N2C(=O)C3=C(O)CC(C(=O)NCc4ccc(F)cc4F)=CN3C[C@@H]12. The standard InChI is InChI=1S/C24H30F2N4O3/c1-14(2)11-28-7-6-15(3)30-21(28)13-29-12-17(8-20(31)22(29)24(30)33)23(32)27-10-16-4-5-18(25)9-19(16)26/h4-5,9,12,14-15,21,31H,6-8,10-11,13H2,1-3H3,(H,27,32)/t15-,21-/m0/s1. The number of fused-ring (bicyclic) bond motifs is 2. The molecule has 3 aliphatic rings. The molecule has 2 N–H and O–H groups in total. The second-order valence-corrected chi connectivity index (χ2v) is 9.42. The summed E-state index contributed by atoms with van der Waals surface area (Å²) in [4.78, 5) is 31.9. The number of piperazine rings is 1. The minimum atomic E-state index is -0.740. The second-order valence-electron chi connectivity index (χ2n) is 9.42. The molecule has 2 atom stereocenters. The summed E-state index contributed by atoms with van der Waals surface area (Å²) >= 11 is 0. The highest BCUT2D eigenvalue weighted by Gasteiger charge is 2.46. The van der Waals surface area contributed by atoms with Crippen molar-refractivity contribution in [1.29, 1.82) is 0 Å². The van der Waals surface area contributed by atoms with Gasteiger partial charge < -0.3 is 20.2 Å². The van der Waals surface area contributed by atoms with Gasteiger partial charge in [0.2, 0.25) is 5.91 Å². The molecule has 2 saturated heterocycles. The zero-order valence-electron chi connectivity index (χ0n) is 19.1. The molecule has 0 aliphatic carbocycles. The number of rotatable bonds is 5. The van der Waals surface area contributed by atoms with E-state index in [1.165, 1.54) is 6.07 Å². The van der Waals surface area contributed by atoms with Crippen LogP contribution in [0.4, 0.5) is 8.78 Å². The smallest absolute Gasteiger partial charge is 0.275 e. The monoisotopic (exact) mass is 460 g/mol. The van der Waals surface area contributed by atoms with Gasteiger partial charge in [-0.3, -0.25) is 14.5 Å². The Balaban J connectivity index is 1.52. The highest BCUT2D eigenvalue weighted by Crippen LogP contribution is 2.34. The number of carbonyl (C=O) groups is 2. The zero-order valence-corrected chi connectivity index (χ0v) is 19.1. The van der Waals surface area contributed by atoms with Gasteiger partial charge in [-0.05, 0) is 25.3 Å². The maximum absolute atomic E-state index is 13.9. The summed E-state index contributed by atoms with van der Waals surface area (Å²) < 4.78 is 27.0. The maximum Gasteiger partial charge on any atom is 0.275 e. The van der Waals surface area contributed by atoms with Gasteiger partial charge in [0.1, 0.15) is 29.3 Å². The Kier molecular flexibility index (Phi) is 6.43. The molecule has 9 heteroatoms. The van der Waals surface area contributed by atoms with Gasteiger partial charge in [0.25, 0.3) is 5.91 Å². The lowest BCUT2D eigenvalue weighted by Gasteiger charge is -2.53. The summed E-state index contributed by atoms with van der Waals surface area (Å²) in [5, 5.41) is 13.3. The minimum absolute atomic E-state index is 0.0626. The number of carbonyl (C=O) groups excluding carboxylic acids is 2. The van der Waals surface area contributed by atoms with E-state index in [1.807, 2.05) is 11.8 Å². The quantitative estimate of drug-likeness (QED) is 0.707. The summed E-state index contributed by atoms with van der Waals surface area (Å²) in [6.07, 6.45) is 2.24. The van der Waals surface area contributed by atoms with Crippen molar-refractivity contribution in [3.63, 3.8) is 0 Å². The molecule has 0 unspecified atom stereocenters. The number of nitrogens with one attached hydrogen (secondary N) is 1. The molecule has 3 aliphatic heterocycles. The molecule has 33 heavy (non-hydrogen) atoms. The summed E-state index contributed by atoms with van der Waals surface area (Å²) in [6.45, 7) is 8.36.